The SMILES string of the molecule is Cl.O=S(=O)(c1ccccc1Cl)N1CCN(CC=Cc2ccccc2)CC1. The minimum atomic E-state index is -3.52. The Hall–Kier alpha value is -1.37. The molecule has 0 aliphatic carbocycles. The number of hydrogen-bond acceptors (Lipinski definition) is 3. The van der Waals surface area contributed by atoms with Gasteiger partial charge >= 0.3 is 0 Å². The topological polar surface area (TPSA) is 40.6 Å². The summed E-state index contributed by atoms with van der Waals surface area (Å²) in [6.07, 6.45) is 4.21. The molecule has 1 fully saturated rings. The molecule has 7 heteroatoms. The normalized spacial score (nSPS) is 16.5. The predicted molar refractivity (Wildman–Crippen MR) is 109 cm³/mol. The molecule has 0 unspecified atom stereocenters. The van der Waals surface area contributed by atoms with Gasteiger partial charge in [0.25, 0.3) is 0 Å². The fraction of sp³-hybridized carbons (Fsp3) is 0.263. The molecule has 0 amide bonds. The lowest BCUT2D eigenvalue weighted by Gasteiger charge is -2.33. The summed E-state index contributed by atoms with van der Waals surface area (Å²) in [5, 5.41) is 0.274. The van der Waals surface area contributed by atoms with Crippen molar-refractivity contribution in [3.8, 4) is 0 Å². The van der Waals surface area contributed by atoms with Gasteiger partial charge in [-0.15, -0.1) is 12.4 Å². The highest BCUT2D eigenvalue weighted by Gasteiger charge is 2.29. The van der Waals surface area contributed by atoms with Crippen LogP contribution in [0.1, 0.15) is 5.56 Å². The van der Waals surface area contributed by atoms with Gasteiger partial charge in [0, 0.05) is 32.7 Å². The van der Waals surface area contributed by atoms with Crippen molar-refractivity contribution in [3.05, 3.63) is 71.3 Å². The second kappa shape index (κ2) is 9.53. The average molecular weight is 413 g/mol. The van der Waals surface area contributed by atoms with E-state index >= 15 is 0 Å². The highest BCUT2D eigenvalue weighted by atomic mass is 35.5. The number of halogens is 2. The third kappa shape index (κ3) is 5.09. The Morgan fingerprint density at radius 3 is 2.19 bits per heavy atom. The Balaban J connectivity index is 0.00000243. The van der Waals surface area contributed by atoms with Crippen LogP contribution in [-0.2, 0) is 10.0 Å². The number of rotatable bonds is 5. The number of nitrogens with zero attached hydrogens (tertiary/aromatic N) is 2. The van der Waals surface area contributed by atoms with Crippen molar-refractivity contribution in [2.24, 2.45) is 0 Å². The molecule has 3 rings (SSSR count). The summed E-state index contributed by atoms with van der Waals surface area (Å²) < 4.78 is 27.0. The zero-order chi connectivity index (χ0) is 17.7. The predicted octanol–water partition coefficient (Wildman–Crippen LogP) is 3.78. The highest BCUT2D eigenvalue weighted by molar-refractivity contribution is 7.89. The molecule has 26 heavy (non-hydrogen) atoms. The summed E-state index contributed by atoms with van der Waals surface area (Å²) in [4.78, 5) is 2.44. The van der Waals surface area contributed by atoms with Crippen LogP contribution in [0.25, 0.3) is 6.08 Å². The van der Waals surface area contributed by atoms with Crippen LogP contribution in [0, 0.1) is 0 Å². The lowest BCUT2D eigenvalue weighted by Crippen LogP contribution is -2.48. The van der Waals surface area contributed by atoms with Crippen molar-refractivity contribution in [2.45, 2.75) is 4.90 Å². The molecule has 1 saturated heterocycles. The van der Waals surface area contributed by atoms with Gasteiger partial charge in [-0.3, -0.25) is 4.90 Å². The highest BCUT2D eigenvalue weighted by Crippen LogP contribution is 2.24. The lowest BCUT2D eigenvalue weighted by atomic mass is 10.2. The van der Waals surface area contributed by atoms with Crippen molar-refractivity contribution in [1.82, 2.24) is 9.21 Å². The molecule has 0 aromatic heterocycles. The van der Waals surface area contributed by atoms with E-state index in [-0.39, 0.29) is 22.3 Å². The van der Waals surface area contributed by atoms with Gasteiger partial charge in [0.05, 0.1) is 5.02 Å². The molecule has 2 aromatic carbocycles. The zero-order valence-electron chi connectivity index (χ0n) is 14.3. The molecule has 0 spiro atoms. The van der Waals surface area contributed by atoms with E-state index in [1.807, 2.05) is 18.2 Å². The molecular weight excluding hydrogens is 391 g/mol. The van der Waals surface area contributed by atoms with Gasteiger partial charge in [-0.2, -0.15) is 4.31 Å². The first-order valence-electron chi connectivity index (χ1n) is 8.26. The van der Waals surface area contributed by atoms with Crippen molar-refractivity contribution in [3.63, 3.8) is 0 Å². The molecule has 140 valence electrons. The molecule has 1 aliphatic rings. The Morgan fingerprint density at radius 1 is 0.923 bits per heavy atom. The fourth-order valence-corrected chi connectivity index (χ4v) is 4.76. The summed E-state index contributed by atoms with van der Waals surface area (Å²) in [6, 6.07) is 16.7. The van der Waals surface area contributed by atoms with E-state index < -0.39 is 10.0 Å². The van der Waals surface area contributed by atoms with Crippen LogP contribution >= 0.6 is 24.0 Å². The Morgan fingerprint density at radius 2 is 1.54 bits per heavy atom. The Bertz CT molecular complexity index is 834. The maximum absolute atomic E-state index is 12.7. The maximum Gasteiger partial charge on any atom is 0.244 e. The minimum Gasteiger partial charge on any atom is -0.297 e. The first-order valence-corrected chi connectivity index (χ1v) is 10.1. The first-order chi connectivity index (χ1) is 12.1. The Kier molecular flexibility index (Phi) is 7.68. The third-order valence-corrected chi connectivity index (χ3v) is 6.66. The first kappa shape index (κ1) is 20.9. The largest absolute Gasteiger partial charge is 0.297 e. The quantitative estimate of drug-likeness (QED) is 0.749. The van der Waals surface area contributed by atoms with Crippen LogP contribution in [0.4, 0.5) is 0 Å². The van der Waals surface area contributed by atoms with Gasteiger partial charge in [-0.25, -0.2) is 8.42 Å². The molecule has 0 saturated carbocycles. The Labute approximate surface area is 166 Å². The molecular formula is C19H22Cl2N2O2S. The smallest absolute Gasteiger partial charge is 0.244 e. The van der Waals surface area contributed by atoms with Gasteiger partial charge in [0.15, 0.2) is 0 Å². The van der Waals surface area contributed by atoms with Crippen molar-refractivity contribution in [2.75, 3.05) is 32.7 Å². The maximum atomic E-state index is 12.7. The fourth-order valence-electron chi connectivity index (χ4n) is 2.85. The van der Waals surface area contributed by atoms with E-state index in [9.17, 15) is 8.42 Å². The molecule has 1 aliphatic heterocycles. The molecule has 0 atom stereocenters. The monoisotopic (exact) mass is 412 g/mol. The number of piperazine rings is 1. The average Bonchev–Trinajstić information content (AvgIpc) is 2.63. The van der Waals surface area contributed by atoms with E-state index in [2.05, 4.69) is 29.2 Å². The van der Waals surface area contributed by atoms with Crippen molar-refractivity contribution in [1.29, 1.82) is 0 Å². The van der Waals surface area contributed by atoms with E-state index in [0.29, 0.717) is 26.2 Å². The summed E-state index contributed by atoms with van der Waals surface area (Å²) in [7, 11) is -3.52. The molecule has 0 N–H and O–H groups in total. The summed E-state index contributed by atoms with van der Waals surface area (Å²) >= 11 is 6.06. The molecule has 2 aromatic rings. The third-order valence-electron chi connectivity index (χ3n) is 4.26. The van der Waals surface area contributed by atoms with Crippen LogP contribution in [0.2, 0.25) is 5.02 Å². The van der Waals surface area contributed by atoms with Crippen molar-refractivity contribution >= 4 is 40.1 Å². The molecule has 1 heterocycles. The molecule has 0 radical (unpaired) electrons. The van der Waals surface area contributed by atoms with Crippen molar-refractivity contribution < 1.29 is 8.42 Å². The summed E-state index contributed by atoms with van der Waals surface area (Å²) in [6.45, 7) is 3.19. The molecule has 4 nitrogen and oxygen atoms in total. The summed E-state index contributed by atoms with van der Waals surface area (Å²) in [5.41, 5.74) is 1.17. The number of hydrogen-bond donors (Lipinski definition) is 0. The number of benzene rings is 2. The second-order valence-corrected chi connectivity index (χ2v) is 8.26. The van der Waals surface area contributed by atoms with Gasteiger partial charge in [0.2, 0.25) is 10.0 Å². The van der Waals surface area contributed by atoms with Crippen LogP contribution < -0.4 is 0 Å². The van der Waals surface area contributed by atoms with Crippen LogP contribution in [0.15, 0.2) is 65.6 Å². The van der Waals surface area contributed by atoms with Gasteiger partial charge in [-0.1, -0.05) is 66.2 Å². The van der Waals surface area contributed by atoms with E-state index in [1.54, 1.807) is 24.3 Å². The van der Waals surface area contributed by atoms with Gasteiger partial charge in [-0.05, 0) is 17.7 Å². The van der Waals surface area contributed by atoms with E-state index in [1.165, 1.54) is 9.87 Å². The van der Waals surface area contributed by atoms with Crippen LogP contribution in [-0.4, -0.2) is 50.3 Å². The van der Waals surface area contributed by atoms with Gasteiger partial charge < -0.3 is 0 Å². The van der Waals surface area contributed by atoms with E-state index in [4.69, 9.17) is 11.6 Å². The second-order valence-electron chi connectivity index (χ2n) is 5.95. The molecule has 0 bridgehead atoms. The standard InChI is InChI=1S/C19H21ClN2O2S.ClH/c20-18-10-4-5-11-19(18)25(23,24)22-15-13-21(14-16-22)12-6-9-17-7-2-1-3-8-17;/h1-11H,12-16H2;1H. The minimum absolute atomic E-state index is 0. The van der Waals surface area contributed by atoms with Crippen LogP contribution in [0.3, 0.4) is 0 Å². The van der Waals surface area contributed by atoms with E-state index in [0.717, 1.165) is 6.54 Å². The lowest BCUT2D eigenvalue weighted by molar-refractivity contribution is 0.204. The van der Waals surface area contributed by atoms with Gasteiger partial charge in [0.1, 0.15) is 4.90 Å². The summed E-state index contributed by atoms with van der Waals surface area (Å²) in [5.74, 6) is 0. The number of sulfonamides is 1. The zero-order valence-corrected chi connectivity index (χ0v) is 16.7. The van der Waals surface area contributed by atoms with Crippen LogP contribution in [0.5, 0.6) is 0 Å².